The summed E-state index contributed by atoms with van der Waals surface area (Å²) in [5, 5.41) is 12.9. The molecule has 2 bridgehead atoms. The maximum Gasteiger partial charge on any atom is 0.251 e. The van der Waals surface area contributed by atoms with Crippen LogP contribution in [0.3, 0.4) is 0 Å². The third-order valence-electron chi connectivity index (χ3n) is 7.36. The van der Waals surface area contributed by atoms with Crippen molar-refractivity contribution >= 4 is 5.91 Å². The molecule has 5 heteroatoms. The molecule has 1 aliphatic heterocycles. The molecule has 0 aromatic heterocycles. The van der Waals surface area contributed by atoms with Gasteiger partial charge < -0.3 is 15.2 Å². The fraction of sp³-hybridized carbons (Fsp3) is 0.441. The number of aliphatic hydroxyl groups excluding tert-OH is 1. The molecule has 1 amide bonds. The van der Waals surface area contributed by atoms with Gasteiger partial charge >= 0.3 is 0 Å². The second-order valence-corrected chi connectivity index (χ2v) is 11.9. The topological polar surface area (TPSA) is 61.8 Å². The summed E-state index contributed by atoms with van der Waals surface area (Å²) < 4.78 is 6.24. The number of amides is 1. The van der Waals surface area contributed by atoms with Gasteiger partial charge in [0.15, 0.2) is 0 Å². The number of ether oxygens (including phenoxy) is 1. The van der Waals surface area contributed by atoms with Crippen LogP contribution in [0.25, 0.3) is 0 Å². The van der Waals surface area contributed by atoms with Crippen molar-refractivity contribution < 1.29 is 14.6 Å². The van der Waals surface area contributed by atoms with Gasteiger partial charge in [-0.2, -0.15) is 0 Å². The van der Waals surface area contributed by atoms with Crippen molar-refractivity contribution in [3.63, 3.8) is 0 Å². The summed E-state index contributed by atoms with van der Waals surface area (Å²) in [5.41, 5.74) is 5.30. The van der Waals surface area contributed by atoms with Gasteiger partial charge in [-0.05, 0) is 84.6 Å². The van der Waals surface area contributed by atoms with Crippen molar-refractivity contribution in [2.24, 2.45) is 5.41 Å². The summed E-state index contributed by atoms with van der Waals surface area (Å²) in [5.74, 6) is 0.630. The van der Waals surface area contributed by atoms with Crippen LogP contribution in [0.5, 0.6) is 5.75 Å². The summed E-state index contributed by atoms with van der Waals surface area (Å²) >= 11 is 0. The molecule has 4 rings (SSSR count). The van der Waals surface area contributed by atoms with Gasteiger partial charge in [-0.15, -0.1) is 0 Å². The first kappa shape index (κ1) is 28.8. The Hall–Kier alpha value is -3.15. The minimum atomic E-state index is -0.457. The van der Waals surface area contributed by atoms with E-state index in [9.17, 15) is 9.90 Å². The molecule has 0 spiro atoms. The predicted octanol–water partition coefficient (Wildman–Crippen LogP) is 6.54. The summed E-state index contributed by atoms with van der Waals surface area (Å²) in [6.45, 7) is 10.6. The van der Waals surface area contributed by atoms with Crippen molar-refractivity contribution in [3.05, 3.63) is 101 Å². The van der Waals surface area contributed by atoms with E-state index >= 15 is 0 Å². The van der Waals surface area contributed by atoms with Gasteiger partial charge in [0.05, 0.1) is 19.3 Å². The highest BCUT2D eigenvalue weighted by atomic mass is 16.5. The average molecular weight is 529 g/mol. The van der Waals surface area contributed by atoms with Crippen LogP contribution >= 0.6 is 0 Å². The van der Waals surface area contributed by atoms with E-state index in [0.717, 1.165) is 55.8 Å². The van der Waals surface area contributed by atoms with Gasteiger partial charge in [0, 0.05) is 18.5 Å². The molecule has 0 aliphatic carbocycles. The van der Waals surface area contributed by atoms with E-state index in [1.54, 1.807) is 0 Å². The SMILES string of the molecule is CC(C)(C)CCN1CCCCCOc2ccc(C(=O)N[C@H](CO)c3ccccc3)cc2Cc2cccc(c2)C1. The third-order valence-corrected chi connectivity index (χ3v) is 7.36. The number of rotatable bonds is 6. The van der Waals surface area contributed by atoms with Crippen LogP contribution in [-0.2, 0) is 13.0 Å². The summed E-state index contributed by atoms with van der Waals surface area (Å²) in [4.78, 5) is 15.8. The lowest BCUT2D eigenvalue weighted by Crippen LogP contribution is -2.30. The number of fused-ring (bicyclic) bond motifs is 3. The largest absolute Gasteiger partial charge is 0.493 e. The van der Waals surface area contributed by atoms with E-state index in [1.807, 2.05) is 48.5 Å². The summed E-state index contributed by atoms with van der Waals surface area (Å²) in [6, 6.07) is 23.6. The predicted molar refractivity (Wildman–Crippen MR) is 158 cm³/mol. The zero-order valence-electron chi connectivity index (χ0n) is 23.8. The number of hydrogen-bond donors (Lipinski definition) is 2. The molecule has 208 valence electrons. The molecule has 0 saturated heterocycles. The molecule has 5 nitrogen and oxygen atoms in total. The Balaban J connectivity index is 1.55. The van der Waals surface area contributed by atoms with Crippen molar-refractivity contribution in [1.29, 1.82) is 0 Å². The smallest absolute Gasteiger partial charge is 0.251 e. The fourth-order valence-electron chi connectivity index (χ4n) is 5.04. The van der Waals surface area contributed by atoms with Crippen molar-refractivity contribution in [2.45, 2.75) is 65.5 Å². The van der Waals surface area contributed by atoms with Crippen LogP contribution < -0.4 is 10.1 Å². The van der Waals surface area contributed by atoms with Gasteiger partial charge in [0.1, 0.15) is 5.75 Å². The first-order chi connectivity index (χ1) is 18.8. The molecule has 0 fully saturated rings. The van der Waals surface area contributed by atoms with Gasteiger partial charge in [-0.1, -0.05) is 75.4 Å². The average Bonchev–Trinajstić information content (AvgIpc) is 2.92. The highest BCUT2D eigenvalue weighted by molar-refractivity contribution is 5.95. The number of nitrogens with zero attached hydrogens (tertiary/aromatic N) is 1. The molecule has 0 saturated carbocycles. The first-order valence-corrected chi connectivity index (χ1v) is 14.3. The number of hydrogen-bond acceptors (Lipinski definition) is 4. The molecule has 0 unspecified atom stereocenters. The second kappa shape index (κ2) is 13.8. The van der Waals surface area contributed by atoms with Gasteiger partial charge in [0.2, 0.25) is 0 Å². The van der Waals surface area contributed by atoms with Crippen LogP contribution in [0.4, 0.5) is 0 Å². The lowest BCUT2D eigenvalue weighted by atomic mass is 9.92. The molecule has 2 N–H and O–H groups in total. The quantitative estimate of drug-likeness (QED) is 0.381. The maximum absolute atomic E-state index is 13.2. The molecule has 39 heavy (non-hydrogen) atoms. The molecule has 3 aromatic carbocycles. The molecule has 1 aliphatic rings. The standard InChI is InChI=1S/C34H44N2O3/c1-34(2,3)17-19-36-18-8-5-9-20-39-32-16-15-29(23-30(32)22-26-11-10-12-27(21-26)24-36)33(38)35-31(25-37)28-13-6-4-7-14-28/h4,6-7,10-16,21,23,31,37H,5,8-9,17-20,22,24-25H2,1-3H3,(H,35,38)/t31-/m1/s1. The highest BCUT2D eigenvalue weighted by Crippen LogP contribution is 2.26. The Kier molecular flexibility index (Phi) is 10.2. The van der Waals surface area contributed by atoms with Crippen LogP contribution in [0.2, 0.25) is 0 Å². The number of benzene rings is 3. The Morgan fingerprint density at radius 1 is 0.974 bits per heavy atom. The number of nitrogens with one attached hydrogen (secondary N) is 1. The fourth-order valence-corrected chi connectivity index (χ4v) is 5.04. The Morgan fingerprint density at radius 2 is 1.77 bits per heavy atom. The second-order valence-electron chi connectivity index (χ2n) is 11.9. The Bertz CT molecular complexity index is 1200. The van der Waals surface area contributed by atoms with Gasteiger partial charge in [0.25, 0.3) is 5.91 Å². The Labute approximate surface area is 234 Å². The monoisotopic (exact) mass is 528 g/mol. The minimum absolute atomic E-state index is 0.163. The molecule has 1 atom stereocenters. The number of carbonyl (C=O) groups is 1. The molecule has 3 aromatic rings. The lowest BCUT2D eigenvalue weighted by Gasteiger charge is -2.27. The number of carbonyl (C=O) groups excluding carboxylic acids is 1. The van der Waals surface area contributed by atoms with E-state index in [0.29, 0.717) is 24.0 Å². The summed E-state index contributed by atoms with van der Waals surface area (Å²) in [6.07, 6.45) is 5.16. The van der Waals surface area contributed by atoms with E-state index in [-0.39, 0.29) is 12.5 Å². The zero-order valence-corrected chi connectivity index (χ0v) is 23.8. The molecule has 1 heterocycles. The van der Waals surface area contributed by atoms with Crippen LogP contribution in [0.15, 0.2) is 72.8 Å². The highest BCUT2D eigenvalue weighted by Gasteiger charge is 2.18. The van der Waals surface area contributed by atoms with Crippen molar-refractivity contribution in [1.82, 2.24) is 10.2 Å². The van der Waals surface area contributed by atoms with E-state index in [2.05, 4.69) is 55.3 Å². The van der Waals surface area contributed by atoms with Crippen LogP contribution in [-0.4, -0.2) is 42.2 Å². The van der Waals surface area contributed by atoms with E-state index in [4.69, 9.17) is 4.74 Å². The third kappa shape index (κ3) is 8.94. The normalized spacial score (nSPS) is 15.9. The first-order valence-electron chi connectivity index (χ1n) is 14.3. The van der Waals surface area contributed by atoms with Gasteiger partial charge in [-0.25, -0.2) is 0 Å². The lowest BCUT2D eigenvalue weighted by molar-refractivity contribution is 0.0916. The maximum atomic E-state index is 13.2. The van der Waals surface area contributed by atoms with Crippen molar-refractivity contribution in [3.8, 4) is 5.75 Å². The van der Waals surface area contributed by atoms with Gasteiger partial charge in [-0.3, -0.25) is 9.69 Å². The Morgan fingerprint density at radius 3 is 2.54 bits per heavy atom. The van der Waals surface area contributed by atoms with E-state index < -0.39 is 6.04 Å². The zero-order chi connectivity index (χ0) is 27.7. The van der Waals surface area contributed by atoms with Crippen LogP contribution in [0.1, 0.15) is 85.1 Å². The minimum Gasteiger partial charge on any atom is -0.493 e. The molecular weight excluding hydrogens is 484 g/mol. The summed E-state index contributed by atoms with van der Waals surface area (Å²) in [7, 11) is 0. The molecular formula is C34H44N2O3. The van der Waals surface area contributed by atoms with E-state index in [1.165, 1.54) is 17.5 Å². The number of aliphatic hydroxyl groups is 1. The van der Waals surface area contributed by atoms with Crippen LogP contribution in [0, 0.1) is 5.41 Å². The van der Waals surface area contributed by atoms with Crippen molar-refractivity contribution in [2.75, 3.05) is 26.3 Å². The molecule has 0 radical (unpaired) electrons.